The first-order valence-corrected chi connectivity index (χ1v) is 6.42. The number of Topliss-reactive ketones (excluding diaryl/α,β-unsaturated/α-hetero) is 1. The average molecular weight is 315 g/mol. The molecule has 0 saturated carbocycles. The van der Waals surface area contributed by atoms with Crippen LogP contribution in [0.5, 0.6) is 5.75 Å². The first kappa shape index (κ1) is 17.7. The molecule has 22 heavy (non-hydrogen) atoms. The maximum Gasteiger partial charge on any atom is 0.406 e. The molecule has 0 radical (unpaired) electrons. The minimum absolute atomic E-state index is 0.120. The van der Waals surface area contributed by atoms with Gasteiger partial charge in [-0.2, -0.15) is 13.2 Å². The lowest BCUT2D eigenvalue weighted by atomic mass is 10.1. The fourth-order valence-electron chi connectivity index (χ4n) is 1.65. The summed E-state index contributed by atoms with van der Waals surface area (Å²) in [5.74, 6) is -0.623. The van der Waals surface area contributed by atoms with Gasteiger partial charge in [0.2, 0.25) is 0 Å². The summed E-state index contributed by atoms with van der Waals surface area (Å²) in [7, 11) is 0. The lowest BCUT2D eigenvalue weighted by Crippen LogP contribution is -2.41. The number of ether oxygens (including phenoxy) is 1. The molecular weight excluding hydrogens is 299 g/mol. The highest BCUT2D eigenvalue weighted by molar-refractivity contribution is 5.94. The van der Waals surface area contributed by atoms with E-state index in [1.165, 1.54) is 37.3 Å². The third kappa shape index (κ3) is 5.99. The molecule has 0 aromatic heterocycles. The van der Waals surface area contributed by atoms with Gasteiger partial charge in [-0.05, 0) is 31.2 Å². The number of alkyl halides is 3. The molecule has 1 amide bonds. The predicted molar refractivity (Wildman–Crippen MR) is 74.8 cm³/mol. The third-order valence-electron chi connectivity index (χ3n) is 2.70. The van der Waals surface area contributed by atoms with E-state index in [4.69, 9.17) is 4.74 Å². The summed E-state index contributed by atoms with van der Waals surface area (Å²) in [6.07, 6.45) is -3.27. The highest BCUT2D eigenvalue weighted by Gasteiger charge is 2.32. The second-order valence-corrected chi connectivity index (χ2v) is 4.55. The highest BCUT2D eigenvalue weighted by atomic mass is 19.4. The molecule has 0 bridgehead atoms. The zero-order chi connectivity index (χ0) is 16.8. The number of hydrogen-bond acceptors (Lipinski definition) is 3. The number of carbonyl (C=O) groups is 2. The Kier molecular flexibility index (Phi) is 6.15. The molecule has 0 spiro atoms. The molecule has 0 saturated heterocycles. The Morgan fingerprint density at radius 2 is 1.86 bits per heavy atom. The van der Waals surface area contributed by atoms with Crippen molar-refractivity contribution in [3.8, 4) is 5.75 Å². The summed E-state index contributed by atoms with van der Waals surface area (Å²) in [6, 6.07) is 5.98. The van der Waals surface area contributed by atoms with Crippen LogP contribution in [0.25, 0.3) is 0 Å². The maximum atomic E-state index is 12.4. The zero-order valence-electron chi connectivity index (χ0n) is 12.0. The van der Waals surface area contributed by atoms with E-state index in [2.05, 4.69) is 6.58 Å². The van der Waals surface area contributed by atoms with E-state index in [1.807, 2.05) is 0 Å². The van der Waals surface area contributed by atoms with Crippen LogP contribution in [0.3, 0.4) is 0 Å². The van der Waals surface area contributed by atoms with Gasteiger partial charge in [-0.25, -0.2) is 0 Å². The van der Waals surface area contributed by atoms with Crippen molar-refractivity contribution in [2.24, 2.45) is 0 Å². The SMILES string of the molecule is C=CCN(CC(F)(F)F)C(=O)COc1ccc(C(C)=O)cc1. The lowest BCUT2D eigenvalue weighted by molar-refractivity contribution is -0.161. The van der Waals surface area contributed by atoms with Gasteiger partial charge in [0.15, 0.2) is 12.4 Å². The van der Waals surface area contributed by atoms with Gasteiger partial charge in [0.25, 0.3) is 5.91 Å². The molecule has 0 aliphatic heterocycles. The van der Waals surface area contributed by atoms with E-state index >= 15 is 0 Å². The molecule has 1 aromatic rings. The molecule has 0 heterocycles. The molecule has 0 aliphatic rings. The molecule has 4 nitrogen and oxygen atoms in total. The molecule has 120 valence electrons. The van der Waals surface area contributed by atoms with Gasteiger partial charge >= 0.3 is 6.18 Å². The van der Waals surface area contributed by atoms with Crippen molar-refractivity contribution in [3.63, 3.8) is 0 Å². The monoisotopic (exact) mass is 315 g/mol. The summed E-state index contributed by atoms with van der Waals surface area (Å²) in [5, 5.41) is 0. The molecule has 7 heteroatoms. The van der Waals surface area contributed by atoms with Crippen LogP contribution in [0.1, 0.15) is 17.3 Å². The number of hydrogen-bond donors (Lipinski definition) is 0. The van der Waals surface area contributed by atoms with E-state index in [9.17, 15) is 22.8 Å². The number of benzene rings is 1. The smallest absolute Gasteiger partial charge is 0.406 e. The fraction of sp³-hybridized carbons (Fsp3) is 0.333. The molecule has 1 rings (SSSR count). The van der Waals surface area contributed by atoms with Crippen LogP contribution >= 0.6 is 0 Å². The lowest BCUT2D eigenvalue weighted by Gasteiger charge is -2.22. The Balaban J connectivity index is 2.62. The van der Waals surface area contributed by atoms with Crippen LogP contribution in [0.4, 0.5) is 13.2 Å². The molecular formula is C15H16F3NO3. The van der Waals surface area contributed by atoms with E-state index in [1.54, 1.807) is 0 Å². The minimum Gasteiger partial charge on any atom is -0.484 e. The predicted octanol–water partition coefficient (Wildman–Crippen LogP) is 2.84. The number of carbonyl (C=O) groups excluding carboxylic acids is 2. The van der Waals surface area contributed by atoms with Crippen molar-refractivity contribution in [2.45, 2.75) is 13.1 Å². The van der Waals surface area contributed by atoms with E-state index < -0.39 is 25.2 Å². The highest BCUT2D eigenvalue weighted by Crippen LogP contribution is 2.17. The first-order chi connectivity index (χ1) is 10.2. The van der Waals surface area contributed by atoms with Crippen LogP contribution in [-0.4, -0.2) is 42.5 Å². The van der Waals surface area contributed by atoms with Gasteiger partial charge in [0, 0.05) is 12.1 Å². The Bertz CT molecular complexity index is 538. The second kappa shape index (κ2) is 7.63. The van der Waals surface area contributed by atoms with Crippen LogP contribution in [0.15, 0.2) is 36.9 Å². The molecule has 0 aliphatic carbocycles. The van der Waals surface area contributed by atoms with E-state index in [0.29, 0.717) is 16.2 Å². The van der Waals surface area contributed by atoms with Crippen molar-refractivity contribution in [2.75, 3.05) is 19.7 Å². The summed E-state index contributed by atoms with van der Waals surface area (Å²) in [6.45, 7) is 2.63. The van der Waals surface area contributed by atoms with Crippen molar-refractivity contribution in [1.29, 1.82) is 0 Å². The van der Waals surface area contributed by atoms with E-state index in [-0.39, 0.29) is 12.3 Å². The van der Waals surface area contributed by atoms with Crippen molar-refractivity contribution < 1.29 is 27.5 Å². The van der Waals surface area contributed by atoms with Crippen LogP contribution in [0, 0.1) is 0 Å². The van der Waals surface area contributed by atoms with Crippen molar-refractivity contribution >= 4 is 11.7 Å². The van der Waals surface area contributed by atoms with Crippen molar-refractivity contribution in [3.05, 3.63) is 42.5 Å². The summed E-state index contributed by atoms with van der Waals surface area (Å²) in [5.41, 5.74) is 0.476. The Morgan fingerprint density at radius 1 is 1.27 bits per heavy atom. The van der Waals surface area contributed by atoms with Gasteiger partial charge in [-0.3, -0.25) is 9.59 Å². The standard InChI is InChI=1S/C15H16F3NO3/c1-3-8-19(10-15(16,17)18)14(21)9-22-13-6-4-12(5-7-13)11(2)20/h3-7H,1,8-10H2,2H3. The van der Waals surface area contributed by atoms with Gasteiger partial charge in [-0.1, -0.05) is 6.08 Å². The fourth-order valence-corrected chi connectivity index (χ4v) is 1.65. The molecule has 0 fully saturated rings. The molecule has 1 aromatic carbocycles. The Morgan fingerprint density at radius 3 is 2.32 bits per heavy atom. The molecule has 0 unspecified atom stereocenters. The van der Waals surface area contributed by atoms with Crippen LogP contribution in [-0.2, 0) is 4.79 Å². The minimum atomic E-state index is -4.48. The number of ketones is 1. The van der Waals surface area contributed by atoms with Gasteiger partial charge in [0.05, 0.1) is 0 Å². The maximum absolute atomic E-state index is 12.4. The third-order valence-corrected chi connectivity index (χ3v) is 2.70. The summed E-state index contributed by atoms with van der Waals surface area (Å²) < 4.78 is 42.3. The van der Waals surface area contributed by atoms with Gasteiger partial charge < -0.3 is 9.64 Å². The molecule has 0 N–H and O–H groups in total. The average Bonchev–Trinajstić information content (AvgIpc) is 2.43. The Hall–Kier alpha value is -2.31. The van der Waals surface area contributed by atoms with Gasteiger partial charge in [-0.15, -0.1) is 6.58 Å². The number of amides is 1. The van der Waals surface area contributed by atoms with Crippen LogP contribution in [0.2, 0.25) is 0 Å². The first-order valence-electron chi connectivity index (χ1n) is 6.42. The topological polar surface area (TPSA) is 46.6 Å². The number of nitrogens with zero attached hydrogens (tertiary/aromatic N) is 1. The largest absolute Gasteiger partial charge is 0.484 e. The van der Waals surface area contributed by atoms with E-state index in [0.717, 1.165) is 0 Å². The Labute approximate surface area is 126 Å². The van der Waals surface area contributed by atoms with Gasteiger partial charge in [0.1, 0.15) is 12.3 Å². The number of rotatable bonds is 7. The number of halogens is 3. The zero-order valence-corrected chi connectivity index (χ0v) is 12.0. The van der Waals surface area contributed by atoms with Crippen LogP contribution < -0.4 is 4.74 Å². The summed E-state index contributed by atoms with van der Waals surface area (Å²) in [4.78, 5) is 23.5. The quantitative estimate of drug-likeness (QED) is 0.574. The summed E-state index contributed by atoms with van der Waals surface area (Å²) >= 11 is 0. The normalized spacial score (nSPS) is 10.9. The van der Waals surface area contributed by atoms with Crippen molar-refractivity contribution in [1.82, 2.24) is 4.90 Å². The molecule has 0 atom stereocenters. The second-order valence-electron chi connectivity index (χ2n) is 4.55.